The molecule has 16 heavy (non-hydrogen) atoms. The number of rotatable bonds is 2. The van der Waals surface area contributed by atoms with Crippen LogP contribution in [0, 0.1) is 0 Å². The van der Waals surface area contributed by atoms with Crippen molar-refractivity contribution in [2.75, 3.05) is 0 Å². The summed E-state index contributed by atoms with van der Waals surface area (Å²) in [4.78, 5) is 18.3. The number of hydrogen-bond acceptors (Lipinski definition) is 2. The van der Waals surface area contributed by atoms with Crippen LogP contribution < -0.4 is 5.56 Å². The molecule has 0 saturated carbocycles. The Bertz CT molecular complexity index is 529. The van der Waals surface area contributed by atoms with E-state index in [4.69, 9.17) is 0 Å². The van der Waals surface area contributed by atoms with E-state index in [1.54, 1.807) is 6.20 Å². The molecule has 1 aromatic heterocycles. The third kappa shape index (κ3) is 1.89. The highest BCUT2D eigenvalue weighted by Gasteiger charge is 2.25. The second kappa shape index (κ2) is 3.93. The van der Waals surface area contributed by atoms with Crippen molar-refractivity contribution in [1.82, 2.24) is 9.97 Å². The maximum atomic E-state index is 11.3. The highest BCUT2D eigenvalue weighted by atomic mass is 16.1. The van der Waals surface area contributed by atoms with Crippen molar-refractivity contribution in [3.63, 3.8) is 0 Å². The molecule has 3 nitrogen and oxygen atoms in total. The average molecular weight is 214 g/mol. The summed E-state index contributed by atoms with van der Waals surface area (Å²) in [5, 5.41) is 0. The van der Waals surface area contributed by atoms with Crippen molar-refractivity contribution in [2.24, 2.45) is 0 Å². The number of nitrogens with zero attached hydrogens (tertiary/aromatic N) is 1. The van der Waals surface area contributed by atoms with Gasteiger partial charge in [0.2, 0.25) is 0 Å². The molecule has 0 fully saturated rings. The molecule has 0 unspecified atom stereocenters. The zero-order chi connectivity index (χ0) is 11.6. The molecular weight excluding hydrogens is 200 g/mol. The Morgan fingerprint density at radius 1 is 1.12 bits per heavy atom. The van der Waals surface area contributed by atoms with Gasteiger partial charge in [-0.1, -0.05) is 30.3 Å². The number of nitrogens with one attached hydrogen (secondary N) is 1. The van der Waals surface area contributed by atoms with E-state index < -0.39 is 0 Å². The van der Waals surface area contributed by atoms with E-state index in [1.807, 2.05) is 44.2 Å². The third-order valence-corrected chi connectivity index (χ3v) is 2.76. The van der Waals surface area contributed by atoms with Crippen LogP contribution in [0.4, 0.5) is 0 Å². The fourth-order valence-corrected chi connectivity index (χ4v) is 1.68. The van der Waals surface area contributed by atoms with Crippen LogP contribution >= 0.6 is 0 Å². The van der Waals surface area contributed by atoms with Crippen LogP contribution in [-0.4, -0.2) is 9.97 Å². The lowest BCUT2D eigenvalue weighted by Gasteiger charge is -2.23. The zero-order valence-corrected chi connectivity index (χ0v) is 9.40. The van der Waals surface area contributed by atoms with Gasteiger partial charge in [-0.25, -0.2) is 4.98 Å². The minimum absolute atomic E-state index is 0.117. The fraction of sp³-hybridized carbons (Fsp3) is 0.231. The average Bonchev–Trinajstić information content (AvgIpc) is 2.30. The lowest BCUT2D eigenvalue weighted by molar-refractivity contribution is 0.587. The fourth-order valence-electron chi connectivity index (χ4n) is 1.68. The van der Waals surface area contributed by atoms with Crippen molar-refractivity contribution in [3.8, 4) is 0 Å². The standard InChI is InChI=1S/C13H14N2O/c1-13(2,10-6-4-3-5-7-10)12-14-9-8-11(16)15-12/h3-9H,1-2H3,(H,14,15,16). The van der Waals surface area contributed by atoms with E-state index in [1.165, 1.54) is 6.07 Å². The van der Waals surface area contributed by atoms with Gasteiger partial charge in [0.15, 0.2) is 0 Å². The van der Waals surface area contributed by atoms with Crippen LogP contribution in [0.3, 0.4) is 0 Å². The second-order valence-electron chi connectivity index (χ2n) is 4.27. The smallest absolute Gasteiger partial charge is 0.250 e. The molecule has 0 aliphatic carbocycles. The molecule has 0 atom stereocenters. The van der Waals surface area contributed by atoms with Crippen LogP contribution in [-0.2, 0) is 5.41 Å². The van der Waals surface area contributed by atoms with Crippen LogP contribution in [0.2, 0.25) is 0 Å². The minimum Gasteiger partial charge on any atom is -0.310 e. The first-order valence-electron chi connectivity index (χ1n) is 5.22. The summed E-state index contributed by atoms with van der Waals surface area (Å²) in [7, 11) is 0. The lowest BCUT2D eigenvalue weighted by atomic mass is 9.84. The van der Waals surface area contributed by atoms with Gasteiger partial charge in [-0.3, -0.25) is 4.79 Å². The van der Waals surface area contributed by atoms with Gasteiger partial charge in [-0.2, -0.15) is 0 Å². The Morgan fingerprint density at radius 2 is 1.81 bits per heavy atom. The Morgan fingerprint density at radius 3 is 2.44 bits per heavy atom. The molecule has 1 N–H and O–H groups in total. The first-order chi connectivity index (χ1) is 7.60. The molecule has 82 valence electrons. The molecule has 0 bridgehead atoms. The molecule has 0 radical (unpaired) electrons. The number of H-pyrrole nitrogens is 1. The van der Waals surface area contributed by atoms with E-state index >= 15 is 0 Å². The molecule has 2 rings (SSSR count). The molecule has 3 heteroatoms. The second-order valence-corrected chi connectivity index (χ2v) is 4.27. The lowest BCUT2D eigenvalue weighted by Crippen LogP contribution is -2.25. The van der Waals surface area contributed by atoms with E-state index in [0.717, 1.165) is 5.56 Å². The summed E-state index contributed by atoms with van der Waals surface area (Å²) in [6.07, 6.45) is 1.54. The Balaban J connectivity index is 2.51. The van der Waals surface area contributed by atoms with E-state index in [0.29, 0.717) is 5.82 Å². The molecule has 0 saturated heterocycles. The van der Waals surface area contributed by atoms with Crippen molar-refractivity contribution < 1.29 is 0 Å². The third-order valence-electron chi connectivity index (χ3n) is 2.76. The quantitative estimate of drug-likeness (QED) is 0.832. The summed E-state index contributed by atoms with van der Waals surface area (Å²) < 4.78 is 0. The van der Waals surface area contributed by atoms with Gasteiger partial charge in [-0.15, -0.1) is 0 Å². The van der Waals surface area contributed by atoms with Gasteiger partial charge < -0.3 is 4.98 Å². The largest absolute Gasteiger partial charge is 0.310 e. The van der Waals surface area contributed by atoms with Gasteiger partial charge in [0.25, 0.3) is 5.56 Å². The summed E-state index contributed by atoms with van der Waals surface area (Å²) in [6, 6.07) is 11.4. The van der Waals surface area contributed by atoms with Gasteiger partial charge in [0.05, 0.1) is 0 Å². The first kappa shape index (κ1) is 10.6. The number of aromatic nitrogens is 2. The molecule has 1 heterocycles. The molecule has 1 aromatic carbocycles. The van der Waals surface area contributed by atoms with Crippen molar-refractivity contribution in [2.45, 2.75) is 19.3 Å². The van der Waals surface area contributed by atoms with Crippen LogP contribution in [0.1, 0.15) is 25.2 Å². The molecular formula is C13H14N2O. The number of aromatic amines is 1. The van der Waals surface area contributed by atoms with E-state index in [-0.39, 0.29) is 11.0 Å². The summed E-state index contributed by atoms with van der Waals surface area (Å²) in [5.41, 5.74) is 0.722. The predicted molar refractivity (Wildman–Crippen MR) is 63.4 cm³/mol. The highest BCUT2D eigenvalue weighted by molar-refractivity contribution is 5.30. The topological polar surface area (TPSA) is 45.8 Å². The highest BCUT2D eigenvalue weighted by Crippen LogP contribution is 2.27. The normalized spacial score (nSPS) is 11.4. The molecule has 0 amide bonds. The number of benzene rings is 1. The van der Waals surface area contributed by atoms with Gasteiger partial charge in [0.1, 0.15) is 5.82 Å². The Labute approximate surface area is 94.2 Å². The van der Waals surface area contributed by atoms with Crippen LogP contribution in [0.15, 0.2) is 47.4 Å². The summed E-state index contributed by atoms with van der Waals surface area (Å²) in [6.45, 7) is 4.08. The SMILES string of the molecule is CC(C)(c1ccccc1)c1nccc(=O)[nH]1. The predicted octanol–water partition coefficient (Wildman–Crippen LogP) is 2.10. The molecule has 0 spiro atoms. The van der Waals surface area contributed by atoms with E-state index in [2.05, 4.69) is 9.97 Å². The molecule has 0 aliphatic rings. The van der Waals surface area contributed by atoms with Crippen molar-refractivity contribution >= 4 is 0 Å². The van der Waals surface area contributed by atoms with E-state index in [9.17, 15) is 4.79 Å². The maximum absolute atomic E-state index is 11.3. The van der Waals surface area contributed by atoms with Crippen molar-refractivity contribution in [1.29, 1.82) is 0 Å². The van der Waals surface area contributed by atoms with Gasteiger partial charge in [0, 0.05) is 17.7 Å². The Hall–Kier alpha value is -1.90. The van der Waals surface area contributed by atoms with Crippen LogP contribution in [0.25, 0.3) is 0 Å². The maximum Gasteiger partial charge on any atom is 0.250 e. The summed E-state index contributed by atoms with van der Waals surface area (Å²) in [5.74, 6) is 0.686. The summed E-state index contributed by atoms with van der Waals surface area (Å²) >= 11 is 0. The molecule has 2 aromatic rings. The first-order valence-corrected chi connectivity index (χ1v) is 5.22. The monoisotopic (exact) mass is 214 g/mol. The van der Waals surface area contributed by atoms with Crippen LogP contribution in [0.5, 0.6) is 0 Å². The zero-order valence-electron chi connectivity index (χ0n) is 9.40. The van der Waals surface area contributed by atoms with Crippen molar-refractivity contribution in [3.05, 3.63) is 64.3 Å². The number of hydrogen-bond donors (Lipinski definition) is 1. The molecule has 0 aliphatic heterocycles. The van der Waals surface area contributed by atoms with Gasteiger partial charge >= 0.3 is 0 Å². The minimum atomic E-state index is -0.290. The Kier molecular flexibility index (Phi) is 2.60. The van der Waals surface area contributed by atoms with Gasteiger partial charge in [-0.05, 0) is 19.4 Å².